The van der Waals surface area contributed by atoms with Gasteiger partial charge in [0, 0.05) is 22.5 Å². The molecule has 8 heteroatoms. The van der Waals surface area contributed by atoms with E-state index in [1.165, 1.54) is 0 Å². The van der Waals surface area contributed by atoms with Crippen molar-refractivity contribution in [3.05, 3.63) is 33.8 Å². The van der Waals surface area contributed by atoms with Crippen molar-refractivity contribution in [1.82, 2.24) is 0 Å². The van der Waals surface area contributed by atoms with E-state index < -0.39 is 30.2 Å². The number of benzene rings is 1. The number of ketones is 1. The van der Waals surface area contributed by atoms with Crippen LogP contribution in [-0.2, 0) is 30.5 Å². The van der Waals surface area contributed by atoms with Crippen LogP contribution in [0.15, 0.2) is 18.2 Å². The second kappa shape index (κ2) is 8.85. The van der Waals surface area contributed by atoms with E-state index in [0.29, 0.717) is 15.6 Å². The lowest BCUT2D eigenvalue weighted by molar-refractivity contribution is -0.158. The van der Waals surface area contributed by atoms with E-state index in [1.807, 2.05) is 0 Å². The summed E-state index contributed by atoms with van der Waals surface area (Å²) < 4.78 is 9.50. The predicted molar refractivity (Wildman–Crippen MR) is 80.5 cm³/mol. The Morgan fingerprint density at radius 1 is 1.23 bits per heavy atom. The van der Waals surface area contributed by atoms with Crippen molar-refractivity contribution in [3.8, 4) is 0 Å². The zero-order chi connectivity index (χ0) is 16.7. The molecule has 0 bridgehead atoms. The number of hydrogen-bond acceptors (Lipinski definition) is 6. The van der Waals surface area contributed by atoms with Crippen molar-refractivity contribution >= 4 is 40.9 Å². The van der Waals surface area contributed by atoms with Crippen molar-refractivity contribution in [3.63, 3.8) is 0 Å². The van der Waals surface area contributed by atoms with E-state index in [0.717, 1.165) is 6.92 Å². The molecule has 0 aliphatic carbocycles. The van der Waals surface area contributed by atoms with Crippen LogP contribution in [0.3, 0.4) is 0 Å². The number of rotatable bonds is 7. The van der Waals surface area contributed by atoms with Crippen LogP contribution in [0, 0.1) is 0 Å². The lowest BCUT2D eigenvalue weighted by atomic mass is 10.1. The molecule has 22 heavy (non-hydrogen) atoms. The molecule has 1 aromatic rings. The maximum absolute atomic E-state index is 11.7. The quantitative estimate of drug-likeness (QED) is 0.597. The Morgan fingerprint density at radius 2 is 1.82 bits per heavy atom. The molecule has 1 rings (SSSR count). The second-order valence-corrected chi connectivity index (χ2v) is 5.25. The molecule has 0 aliphatic rings. The summed E-state index contributed by atoms with van der Waals surface area (Å²) in [4.78, 5) is 33.5. The predicted octanol–water partition coefficient (Wildman–Crippen LogP) is 1.89. The molecule has 0 aromatic heterocycles. The summed E-state index contributed by atoms with van der Waals surface area (Å²) in [5.41, 5.74) is 6.10. The average Bonchev–Trinajstić information content (AvgIpc) is 2.40. The zero-order valence-corrected chi connectivity index (χ0v) is 13.3. The first-order valence-electron chi connectivity index (χ1n) is 6.31. The minimum atomic E-state index is -1.10. The van der Waals surface area contributed by atoms with Gasteiger partial charge in [-0.25, -0.2) is 0 Å². The molecular weight excluding hydrogens is 333 g/mol. The van der Waals surface area contributed by atoms with Gasteiger partial charge in [0.05, 0.1) is 19.1 Å². The largest absolute Gasteiger partial charge is 0.393 e. The van der Waals surface area contributed by atoms with Gasteiger partial charge in [-0.3, -0.25) is 14.4 Å². The minimum Gasteiger partial charge on any atom is -0.393 e. The van der Waals surface area contributed by atoms with Crippen LogP contribution in [0.5, 0.6) is 0 Å². The SMILES string of the molecule is CC(=O)OC(=O)CC(N)C(=O)COCc1c(Cl)cccc1Cl. The fourth-order valence-corrected chi connectivity index (χ4v) is 2.03. The molecule has 120 valence electrons. The summed E-state index contributed by atoms with van der Waals surface area (Å²) in [5.74, 6) is -2.11. The number of nitrogens with two attached hydrogens (primary N) is 1. The molecule has 0 amide bonds. The van der Waals surface area contributed by atoms with Gasteiger partial charge in [0.1, 0.15) is 6.61 Å². The van der Waals surface area contributed by atoms with Gasteiger partial charge in [-0.1, -0.05) is 29.3 Å². The third kappa shape index (κ3) is 6.11. The topological polar surface area (TPSA) is 95.7 Å². The summed E-state index contributed by atoms with van der Waals surface area (Å²) in [5, 5.41) is 0.851. The zero-order valence-electron chi connectivity index (χ0n) is 11.8. The molecule has 0 aliphatic heterocycles. The van der Waals surface area contributed by atoms with Crippen molar-refractivity contribution in [1.29, 1.82) is 0 Å². The Morgan fingerprint density at radius 3 is 2.36 bits per heavy atom. The summed E-state index contributed by atoms with van der Waals surface area (Å²) >= 11 is 11.9. The molecule has 1 aromatic carbocycles. The summed E-state index contributed by atoms with van der Waals surface area (Å²) in [6.45, 7) is 0.812. The normalized spacial score (nSPS) is 11.8. The second-order valence-electron chi connectivity index (χ2n) is 4.44. The van der Waals surface area contributed by atoms with Crippen molar-refractivity contribution < 1.29 is 23.9 Å². The highest BCUT2D eigenvalue weighted by Crippen LogP contribution is 2.24. The number of ether oxygens (including phenoxy) is 2. The van der Waals surface area contributed by atoms with E-state index in [-0.39, 0.29) is 13.2 Å². The van der Waals surface area contributed by atoms with Gasteiger partial charge in [0.15, 0.2) is 5.78 Å². The van der Waals surface area contributed by atoms with E-state index >= 15 is 0 Å². The molecule has 6 nitrogen and oxygen atoms in total. The fraction of sp³-hybridized carbons (Fsp3) is 0.357. The molecular formula is C14H15Cl2NO5. The van der Waals surface area contributed by atoms with Gasteiger partial charge in [0.2, 0.25) is 0 Å². The van der Waals surface area contributed by atoms with Gasteiger partial charge < -0.3 is 15.2 Å². The van der Waals surface area contributed by atoms with Gasteiger partial charge in [-0.2, -0.15) is 0 Å². The molecule has 1 atom stereocenters. The van der Waals surface area contributed by atoms with Crippen molar-refractivity contribution in [2.45, 2.75) is 26.0 Å². The van der Waals surface area contributed by atoms with Gasteiger partial charge in [-0.15, -0.1) is 0 Å². The Balaban J connectivity index is 2.42. The van der Waals surface area contributed by atoms with Crippen LogP contribution >= 0.6 is 23.2 Å². The van der Waals surface area contributed by atoms with E-state index in [2.05, 4.69) is 4.74 Å². The number of carbonyl (C=O) groups excluding carboxylic acids is 3. The maximum Gasteiger partial charge on any atom is 0.315 e. The van der Waals surface area contributed by atoms with Gasteiger partial charge in [0.25, 0.3) is 0 Å². The van der Waals surface area contributed by atoms with E-state index in [4.69, 9.17) is 33.7 Å². The lowest BCUT2D eigenvalue weighted by Gasteiger charge is -2.11. The van der Waals surface area contributed by atoms with Crippen LogP contribution < -0.4 is 5.73 Å². The number of esters is 2. The van der Waals surface area contributed by atoms with Gasteiger partial charge in [-0.05, 0) is 12.1 Å². The molecule has 2 N–H and O–H groups in total. The van der Waals surface area contributed by atoms with Gasteiger partial charge >= 0.3 is 11.9 Å². The first kappa shape index (κ1) is 18.6. The van der Waals surface area contributed by atoms with E-state index in [1.54, 1.807) is 18.2 Å². The first-order chi connectivity index (χ1) is 10.3. The Hall–Kier alpha value is -1.47. The standard InChI is InChI=1S/C14H15Cl2NO5/c1-8(18)22-14(20)5-12(17)13(19)7-21-6-9-10(15)3-2-4-11(9)16/h2-4,12H,5-7,17H2,1H3. The molecule has 0 saturated carbocycles. The number of hydrogen-bond donors (Lipinski definition) is 1. The van der Waals surface area contributed by atoms with Crippen LogP contribution in [0.1, 0.15) is 18.9 Å². The smallest absolute Gasteiger partial charge is 0.315 e. The molecule has 0 heterocycles. The van der Waals surface area contributed by atoms with Crippen LogP contribution in [0.2, 0.25) is 10.0 Å². The maximum atomic E-state index is 11.7. The summed E-state index contributed by atoms with van der Waals surface area (Å²) in [6.07, 6.45) is -0.394. The Bertz CT molecular complexity index is 556. The number of carbonyl (C=O) groups is 3. The number of halogens is 2. The van der Waals surface area contributed by atoms with Crippen LogP contribution in [0.4, 0.5) is 0 Å². The molecule has 0 spiro atoms. The average molecular weight is 348 g/mol. The molecule has 1 unspecified atom stereocenters. The molecule has 0 saturated heterocycles. The first-order valence-corrected chi connectivity index (χ1v) is 7.07. The van der Waals surface area contributed by atoms with Crippen molar-refractivity contribution in [2.24, 2.45) is 5.73 Å². The summed E-state index contributed by atoms with van der Waals surface area (Å²) in [6, 6.07) is 3.89. The fourth-order valence-electron chi connectivity index (χ4n) is 1.53. The number of Topliss-reactive ketones (excluding diaryl/α,β-unsaturated/α-hetero) is 1. The van der Waals surface area contributed by atoms with Crippen LogP contribution in [-0.4, -0.2) is 30.4 Å². The summed E-state index contributed by atoms with van der Waals surface area (Å²) in [7, 11) is 0. The van der Waals surface area contributed by atoms with Crippen LogP contribution in [0.25, 0.3) is 0 Å². The monoisotopic (exact) mass is 347 g/mol. The third-order valence-corrected chi connectivity index (χ3v) is 3.32. The highest BCUT2D eigenvalue weighted by atomic mass is 35.5. The highest BCUT2D eigenvalue weighted by molar-refractivity contribution is 6.35. The molecule has 0 fully saturated rings. The molecule has 0 radical (unpaired) electrons. The third-order valence-electron chi connectivity index (χ3n) is 2.61. The van der Waals surface area contributed by atoms with E-state index in [9.17, 15) is 14.4 Å². The minimum absolute atomic E-state index is 0.0366. The lowest BCUT2D eigenvalue weighted by Crippen LogP contribution is -2.36. The highest BCUT2D eigenvalue weighted by Gasteiger charge is 2.19. The Labute approximate surface area is 137 Å². The van der Waals surface area contributed by atoms with Crippen molar-refractivity contribution in [2.75, 3.05) is 6.61 Å². The Kier molecular flexibility index (Phi) is 7.47.